The molecule has 9 heteroatoms. The average Bonchev–Trinajstić information content (AvgIpc) is 3.37. The van der Waals surface area contributed by atoms with Gasteiger partial charge in [0.1, 0.15) is 12.1 Å². The summed E-state index contributed by atoms with van der Waals surface area (Å²) < 4.78 is 16.4. The molecule has 8 nitrogen and oxygen atoms in total. The highest BCUT2D eigenvalue weighted by atomic mass is 19.1. The van der Waals surface area contributed by atoms with E-state index in [4.69, 9.17) is 4.84 Å². The van der Waals surface area contributed by atoms with Crippen LogP contribution in [0, 0.1) is 12.7 Å². The molecule has 30 heavy (non-hydrogen) atoms. The summed E-state index contributed by atoms with van der Waals surface area (Å²) in [6, 6.07) is 14.0. The second-order valence-electron chi connectivity index (χ2n) is 6.74. The standard InChI is InChI=1S/C21H16FN7O/c1-14-2-8-17(9-3-14)29-20-18(11-24-29)21-27-26-19(28(21)13-23-20)12-30-25-10-15-4-6-16(22)7-5-15/h2-11,13H,12H2,1H3. The molecule has 2 aromatic carbocycles. The van der Waals surface area contributed by atoms with Crippen molar-refractivity contribution in [3.8, 4) is 5.69 Å². The third kappa shape index (κ3) is 3.26. The lowest BCUT2D eigenvalue weighted by molar-refractivity contribution is 0.125. The molecular formula is C21H16FN7O. The molecular weight excluding hydrogens is 385 g/mol. The van der Waals surface area contributed by atoms with E-state index in [1.807, 2.05) is 31.2 Å². The van der Waals surface area contributed by atoms with Crippen LogP contribution in [0.2, 0.25) is 0 Å². The molecule has 3 aromatic heterocycles. The minimum atomic E-state index is -0.299. The van der Waals surface area contributed by atoms with Crippen LogP contribution in [0.25, 0.3) is 22.4 Å². The molecule has 0 amide bonds. The molecule has 0 aliphatic rings. The Morgan fingerprint density at radius 2 is 1.83 bits per heavy atom. The van der Waals surface area contributed by atoms with E-state index >= 15 is 0 Å². The predicted molar refractivity (Wildman–Crippen MR) is 109 cm³/mol. The van der Waals surface area contributed by atoms with Crippen LogP contribution in [0.15, 0.2) is 66.2 Å². The fourth-order valence-corrected chi connectivity index (χ4v) is 3.08. The molecule has 5 aromatic rings. The Balaban J connectivity index is 1.39. The molecule has 3 heterocycles. The molecule has 5 rings (SSSR count). The summed E-state index contributed by atoms with van der Waals surface area (Å²) in [6.45, 7) is 2.15. The fourth-order valence-electron chi connectivity index (χ4n) is 3.08. The van der Waals surface area contributed by atoms with E-state index in [2.05, 4.69) is 25.4 Å². The molecule has 0 radical (unpaired) electrons. The van der Waals surface area contributed by atoms with Crippen molar-refractivity contribution in [3.05, 3.63) is 83.8 Å². The predicted octanol–water partition coefficient (Wildman–Crippen LogP) is 3.46. The van der Waals surface area contributed by atoms with Gasteiger partial charge in [0.15, 0.2) is 23.7 Å². The van der Waals surface area contributed by atoms with Crippen LogP contribution in [0.1, 0.15) is 17.0 Å². The lowest BCUT2D eigenvalue weighted by Crippen LogP contribution is -2.00. The number of nitrogens with zero attached hydrogens (tertiary/aromatic N) is 7. The molecule has 0 bridgehead atoms. The van der Waals surface area contributed by atoms with Crippen LogP contribution in [0.5, 0.6) is 0 Å². The second-order valence-corrected chi connectivity index (χ2v) is 6.74. The Hall–Kier alpha value is -4.14. The van der Waals surface area contributed by atoms with Crippen molar-refractivity contribution >= 4 is 22.9 Å². The Labute approximate surface area is 170 Å². The van der Waals surface area contributed by atoms with Crippen LogP contribution >= 0.6 is 0 Å². The molecule has 148 valence electrons. The lowest BCUT2D eigenvalue weighted by atomic mass is 10.2. The van der Waals surface area contributed by atoms with E-state index in [1.165, 1.54) is 23.9 Å². The van der Waals surface area contributed by atoms with Gasteiger partial charge < -0.3 is 4.84 Å². The van der Waals surface area contributed by atoms with Gasteiger partial charge in [-0.3, -0.25) is 4.40 Å². The number of oxime groups is 1. The zero-order valence-corrected chi connectivity index (χ0v) is 16.0. The van der Waals surface area contributed by atoms with Gasteiger partial charge in [-0.05, 0) is 36.8 Å². The summed E-state index contributed by atoms with van der Waals surface area (Å²) in [6.07, 6.45) is 4.88. The van der Waals surface area contributed by atoms with Crippen molar-refractivity contribution in [2.75, 3.05) is 0 Å². The summed E-state index contributed by atoms with van der Waals surface area (Å²) in [5.74, 6) is 0.256. The summed E-state index contributed by atoms with van der Waals surface area (Å²) in [5.41, 5.74) is 4.16. The van der Waals surface area contributed by atoms with Gasteiger partial charge in [-0.2, -0.15) is 5.10 Å². The normalized spacial score (nSPS) is 11.7. The van der Waals surface area contributed by atoms with Gasteiger partial charge >= 0.3 is 0 Å². The first-order valence-corrected chi connectivity index (χ1v) is 9.23. The minimum Gasteiger partial charge on any atom is -0.388 e. The first kappa shape index (κ1) is 17.9. The van der Waals surface area contributed by atoms with Crippen LogP contribution < -0.4 is 0 Å². The van der Waals surface area contributed by atoms with Crippen LogP contribution in [-0.2, 0) is 11.4 Å². The molecule has 0 N–H and O–H groups in total. The topological polar surface area (TPSA) is 82.5 Å². The molecule has 0 aliphatic heterocycles. The SMILES string of the molecule is Cc1ccc(-n2ncc3c2ncn2c(CON=Cc4ccc(F)cc4)nnc32)cc1. The Bertz CT molecular complexity index is 1350. The van der Waals surface area contributed by atoms with Crippen LogP contribution in [-0.4, -0.2) is 35.6 Å². The highest BCUT2D eigenvalue weighted by Gasteiger charge is 2.14. The molecule has 0 atom stereocenters. The van der Waals surface area contributed by atoms with Gasteiger partial charge in [0.25, 0.3) is 0 Å². The number of hydrogen-bond donors (Lipinski definition) is 0. The first-order chi connectivity index (χ1) is 14.7. The second kappa shape index (κ2) is 7.36. The maximum atomic E-state index is 12.9. The van der Waals surface area contributed by atoms with Gasteiger partial charge in [0.05, 0.1) is 23.5 Å². The van der Waals surface area contributed by atoms with Crippen LogP contribution in [0.3, 0.4) is 0 Å². The Kier molecular flexibility index (Phi) is 4.40. The number of aromatic nitrogens is 6. The molecule has 0 saturated carbocycles. The molecule has 0 fully saturated rings. The molecule has 0 aliphatic carbocycles. The number of benzene rings is 2. The van der Waals surface area contributed by atoms with E-state index in [-0.39, 0.29) is 12.4 Å². The fraction of sp³-hybridized carbons (Fsp3) is 0.0952. The summed E-state index contributed by atoms with van der Waals surface area (Å²) in [7, 11) is 0. The minimum absolute atomic E-state index is 0.109. The number of aryl methyl sites for hydroxylation is 1. The van der Waals surface area contributed by atoms with Crippen LogP contribution in [0.4, 0.5) is 4.39 Å². The molecule has 0 unspecified atom stereocenters. The maximum Gasteiger partial charge on any atom is 0.179 e. The van der Waals surface area contributed by atoms with Gasteiger partial charge in [-0.15, -0.1) is 10.2 Å². The van der Waals surface area contributed by atoms with Crippen molar-refractivity contribution < 1.29 is 9.23 Å². The van der Waals surface area contributed by atoms with E-state index in [1.54, 1.807) is 33.7 Å². The third-order valence-corrected chi connectivity index (χ3v) is 4.67. The molecule has 0 spiro atoms. The van der Waals surface area contributed by atoms with Gasteiger partial charge in [0, 0.05) is 0 Å². The highest BCUT2D eigenvalue weighted by Crippen LogP contribution is 2.20. The van der Waals surface area contributed by atoms with Crippen molar-refractivity contribution in [2.45, 2.75) is 13.5 Å². The van der Waals surface area contributed by atoms with E-state index in [0.717, 1.165) is 16.6 Å². The summed E-state index contributed by atoms with van der Waals surface area (Å²) in [4.78, 5) is 9.86. The summed E-state index contributed by atoms with van der Waals surface area (Å²) >= 11 is 0. The van der Waals surface area contributed by atoms with Crippen molar-refractivity contribution in [3.63, 3.8) is 0 Å². The average molecular weight is 401 g/mol. The summed E-state index contributed by atoms with van der Waals surface area (Å²) in [5, 5.41) is 17.6. The van der Waals surface area contributed by atoms with Gasteiger partial charge in [-0.1, -0.05) is 35.0 Å². The maximum absolute atomic E-state index is 12.9. The van der Waals surface area contributed by atoms with Gasteiger partial charge in [-0.25, -0.2) is 14.1 Å². The largest absolute Gasteiger partial charge is 0.388 e. The highest BCUT2D eigenvalue weighted by molar-refractivity contribution is 5.89. The van der Waals surface area contributed by atoms with Crippen molar-refractivity contribution in [2.24, 2.45) is 5.16 Å². The van der Waals surface area contributed by atoms with Gasteiger partial charge in [0.2, 0.25) is 0 Å². The van der Waals surface area contributed by atoms with Crippen molar-refractivity contribution in [1.29, 1.82) is 0 Å². The van der Waals surface area contributed by atoms with E-state index in [9.17, 15) is 4.39 Å². The quantitative estimate of drug-likeness (QED) is 0.333. The number of hydrogen-bond acceptors (Lipinski definition) is 6. The Morgan fingerprint density at radius 3 is 2.63 bits per heavy atom. The number of halogens is 1. The van der Waals surface area contributed by atoms with Crippen molar-refractivity contribution in [1.82, 2.24) is 29.4 Å². The third-order valence-electron chi connectivity index (χ3n) is 4.67. The zero-order chi connectivity index (χ0) is 20.5. The first-order valence-electron chi connectivity index (χ1n) is 9.23. The van der Waals surface area contributed by atoms with E-state index in [0.29, 0.717) is 17.1 Å². The Morgan fingerprint density at radius 1 is 1.03 bits per heavy atom. The zero-order valence-electron chi connectivity index (χ0n) is 16.0. The lowest BCUT2D eigenvalue weighted by Gasteiger charge is -2.04. The molecule has 0 saturated heterocycles. The monoisotopic (exact) mass is 401 g/mol. The number of fused-ring (bicyclic) bond motifs is 3. The number of rotatable bonds is 5. The smallest absolute Gasteiger partial charge is 0.179 e. The van der Waals surface area contributed by atoms with E-state index < -0.39 is 0 Å².